The highest BCUT2D eigenvalue weighted by Crippen LogP contribution is 2.34. The van der Waals surface area contributed by atoms with Gasteiger partial charge in [0.1, 0.15) is 11.5 Å². The van der Waals surface area contributed by atoms with Crippen LogP contribution in [0.1, 0.15) is 25.3 Å². The van der Waals surface area contributed by atoms with Crippen molar-refractivity contribution in [1.82, 2.24) is 4.90 Å². The number of fused-ring (bicyclic) bond motifs is 3. The van der Waals surface area contributed by atoms with Gasteiger partial charge in [0.15, 0.2) is 0 Å². The molecule has 0 spiro atoms. The third-order valence-electron chi connectivity index (χ3n) is 4.06. The fourth-order valence-corrected chi connectivity index (χ4v) is 3.06. The van der Waals surface area contributed by atoms with E-state index < -0.39 is 0 Å². The number of ether oxygens (including phenoxy) is 1. The molecule has 110 valence electrons. The molecule has 3 aliphatic heterocycles. The number of hydrogen-bond donors (Lipinski definition) is 1. The highest BCUT2D eigenvalue weighted by molar-refractivity contribution is 6.05. The summed E-state index contributed by atoms with van der Waals surface area (Å²) in [4.78, 5) is 13.4. The van der Waals surface area contributed by atoms with E-state index in [1.165, 1.54) is 6.92 Å². The summed E-state index contributed by atoms with van der Waals surface area (Å²) in [5.41, 5.74) is 2.49. The first-order valence-electron chi connectivity index (χ1n) is 7.15. The van der Waals surface area contributed by atoms with Gasteiger partial charge in [-0.3, -0.25) is 4.79 Å². The fourth-order valence-electron chi connectivity index (χ4n) is 3.06. The minimum Gasteiger partial charge on any atom is -0.426 e. The van der Waals surface area contributed by atoms with Crippen molar-refractivity contribution in [2.75, 3.05) is 13.1 Å². The number of esters is 1. The van der Waals surface area contributed by atoms with E-state index in [1.54, 1.807) is 6.07 Å². The van der Waals surface area contributed by atoms with Crippen molar-refractivity contribution in [2.45, 2.75) is 19.8 Å². The summed E-state index contributed by atoms with van der Waals surface area (Å²) in [6, 6.07) is 7.38. The maximum atomic E-state index is 11.2. The highest BCUT2D eigenvalue weighted by atomic mass is 16.5. The van der Waals surface area contributed by atoms with Gasteiger partial charge in [0, 0.05) is 31.5 Å². The topological polar surface area (TPSA) is 62.1 Å². The first-order valence-corrected chi connectivity index (χ1v) is 7.15. The van der Waals surface area contributed by atoms with E-state index in [9.17, 15) is 10.0 Å². The maximum Gasteiger partial charge on any atom is 0.308 e. The number of carbonyl (C=O) groups excluding carboxylic acids is 1. The Morgan fingerprint density at radius 2 is 2.10 bits per heavy atom. The average Bonchev–Trinajstić information content (AvgIpc) is 2.50. The SMILES string of the molecule is CC(=O)Oc1ccccc1/C=C1\C(=N\O)C2CCN1CC2. The van der Waals surface area contributed by atoms with E-state index in [1.807, 2.05) is 24.3 Å². The molecule has 0 unspecified atom stereocenters. The zero-order chi connectivity index (χ0) is 14.8. The molecule has 5 nitrogen and oxygen atoms in total. The van der Waals surface area contributed by atoms with E-state index in [-0.39, 0.29) is 5.97 Å². The molecule has 1 aromatic carbocycles. The predicted molar refractivity (Wildman–Crippen MR) is 79.2 cm³/mol. The molecule has 21 heavy (non-hydrogen) atoms. The Balaban J connectivity index is 1.99. The van der Waals surface area contributed by atoms with Gasteiger partial charge in [-0.15, -0.1) is 0 Å². The fraction of sp³-hybridized carbons (Fsp3) is 0.375. The van der Waals surface area contributed by atoms with E-state index in [0.29, 0.717) is 11.7 Å². The lowest BCUT2D eigenvalue weighted by Gasteiger charge is -2.42. The van der Waals surface area contributed by atoms with Crippen LogP contribution in [-0.4, -0.2) is 34.9 Å². The van der Waals surface area contributed by atoms with Gasteiger partial charge in [-0.1, -0.05) is 23.4 Å². The predicted octanol–water partition coefficient (Wildman–Crippen LogP) is 2.51. The van der Waals surface area contributed by atoms with Crippen molar-refractivity contribution in [3.05, 3.63) is 35.5 Å². The van der Waals surface area contributed by atoms with Crippen LogP contribution in [0.15, 0.2) is 35.1 Å². The van der Waals surface area contributed by atoms with Gasteiger partial charge in [0.25, 0.3) is 0 Å². The molecular formula is C16H18N2O3. The Morgan fingerprint density at radius 1 is 1.38 bits per heavy atom. The Bertz CT molecular complexity index is 614. The zero-order valence-corrected chi connectivity index (χ0v) is 12.0. The van der Waals surface area contributed by atoms with Crippen LogP contribution in [-0.2, 0) is 4.79 Å². The number of benzene rings is 1. The Labute approximate surface area is 123 Å². The molecule has 5 heteroatoms. The van der Waals surface area contributed by atoms with Crippen molar-refractivity contribution >= 4 is 17.8 Å². The number of nitrogens with zero attached hydrogens (tertiary/aromatic N) is 2. The standard InChI is InChI=1S/C16H18N2O3/c1-11(19)21-15-5-3-2-4-13(15)10-14-16(17-20)12-6-8-18(14)9-7-12/h2-5,10,12,20H,6-9H2,1H3/b14-10+,17-16+. The number of hydrogen-bond acceptors (Lipinski definition) is 5. The summed E-state index contributed by atoms with van der Waals surface area (Å²) in [5.74, 6) is 0.506. The molecule has 4 rings (SSSR count). The van der Waals surface area contributed by atoms with Crippen LogP contribution >= 0.6 is 0 Å². The normalized spacial score (nSPS) is 22.0. The van der Waals surface area contributed by atoms with Crippen LogP contribution < -0.4 is 4.74 Å². The third kappa shape index (κ3) is 2.63. The molecule has 1 aromatic rings. The van der Waals surface area contributed by atoms with Gasteiger partial charge in [-0.05, 0) is 25.0 Å². The second-order valence-electron chi connectivity index (χ2n) is 5.41. The van der Waals surface area contributed by atoms with Crippen LogP contribution in [0, 0.1) is 5.92 Å². The zero-order valence-electron chi connectivity index (χ0n) is 12.0. The van der Waals surface area contributed by atoms with E-state index >= 15 is 0 Å². The maximum absolute atomic E-state index is 11.2. The minimum absolute atomic E-state index is 0.326. The number of oxime groups is 1. The molecule has 1 N–H and O–H groups in total. The number of carbonyl (C=O) groups is 1. The summed E-state index contributed by atoms with van der Waals surface area (Å²) >= 11 is 0. The lowest BCUT2D eigenvalue weighted by atomic mass is 9.83. The average molecular weight is 286 g/mol. The summed E-state index contributed by atoms with van der Waals surface area (Å²) in [5, 5.41) is 12.8. The Hall–Kier alpha value is -2.30. The van der Waals surface area contributed by atoms with E-state index in [4.69, 9.17) is 4.74 Å². The van der Waals surface area contributed by atoms with Crippen molar-refractivity contribution in [2.24, 2.45) is 11.1 Å². The molecule has 0 saturated carbocycles. The number of rotatable bonds is 2. The molecule has 2 bridgehead atoms. The van der Waals surface area contributed by atoms with Gasteiger partial charge in [-0.25, -0.2) is 0 Å². The number of allylic oxidation sites excluding steroid dienone is 1. The summed E-state index contributed by atoms with van der Waals surface area (Å²) in [6.45, 7) is 3.34. The lowest BCUT2D eigenvalue weighted by Crippen LogP contribution is -2.46. The molecule has 0 aromatic heterocycles. The smallest absolute Gasteiger partial charge is 0.308 e. The molecule has 3 fully saturated rings. The second kappa shape index (κ2) is 5.60. The van der Waals surface area contributed by atoms with Gasteiger partial charge in [-0.2, -0.15) is 0 Å². The van der Waals surface area contributed by atoms with Crippen LogP contribution in [0.5, 0.6) is 5.75 Å². The molecule has 3 saturated heterocycles. The lowest BCUT2D eigenvalue weighted by molar-refractivity contribution is -0.131. The number of piperidine rings is 3. The van der Waals surface area contributed by atoms with Crippen LogP contribution in [0.25, 0.3) is 6.08 Å². The first kappa shape index (κ1) is 13.7. The monoisotopic (exact) mass is 286 g/mol. The third-order valence-corrected chi connectivity index (χ3v) is 4.06. The van der Waals surface area contributed by atoms with Gasteiger partial charge >= 0.3 is 5.97 Å². The summed E-state index contributed by atoms with van der Waals surface area (Å²) in [6.07, 6.45) is 4.00. The summed E-state index contributed by atoms with van der Waals surface area (Å²) in [7, 11) is 0. The van der Waals surface area contributed by atoms with Gasteiger partial charge < -0.3 is 14.8 Å². The van der Waals surface area contributed by atoms with Crippen molar-refractivity contribution in [1.29, 1.82) is 0 Å². The van der Waals surface area contributed by atoms with Crippen LogP contribution in [0.3, 0.4) is 0 Å². The van der Waals surface area contributed by atoms with E-state index in [0.717, 1.165) is 42.9 Å². The van der Waals surface area contributed by atoms with Crippen molar-refractivity contribution in [3.8, 4) is 5.75 Å². The van der Waals surface area contributed by atoms with Crippen molar-refractivity contribution in [3.63, 3.8) is 0 Å². The van der Waals surface area contributed by atoms with Crippen molar-refractivity contribution < 1.29 is 14.7 Å². The Kier molecular flexibility index (Phi) is 3.64. The molecular weight excluding hydrogens is 268 g/mol. The minimum atomic E-state index is -0.345. The molecule has 0 radical (unpaired) electrons. The summed E-state index contributed by atoms with van der Waals surface area (Å²) < 4.78 is 5.23. The first-order chi connectivity index (χ1) is 10.2. The van der Waals surface area contributed by atoms with Gasteiger partial charge in [0.05, 0.1) is 5.70 Å². The second-order valence-corrected chi connectivity index (χ2v) is 5.41. The van der Waals surface area contributed by atoms with Crippen LogP contribution in [0.4, 0.5) is 0 Å². The highest BCUT2D eigenvalue weighted by Gasteiger charge is 2.35. The quantitative estimate of drug-likeness (QED) is 0.393. The molecule has 0 atom stereocenters. The van der Waals surface area contributed by atoms with Gasteiger partial charge in [0.2, 0.25) is 0 Å². The van der Waals surface area contributed by atoms with Crippen LogP contribution in [0.2, 0.25) is 0 Å². The molecule has 3 heterocycles. The Morgan fingerprint density at radius 3 is 2.76 bits per heavy atom. The molecule has 0 aliphatic carbocycles. The molecule has 0 amide bonds. The largest absolute Gasteiger partial charge is 0.426 e. The number of para-hydroxylation sites is 1. The molecule has 3 aliphatic rings. The van der Waals surface area contributed by atoms with E-state index in [2.05, 4.69) is 10.1 Å².